The summed E-state index contributed by atoms with van der Waals surface area (Å²) in [4.78, 5) is 2.49. The van der Waals surface area contributed by atoms with Gasteiger partial charge in [-0.3, -0.25) is 0 Å². The highest BCUT2D eigenvalue weighted by molar-refractivity contribution is 7.22. The van der Waals surface area contributed by atoms with Gasteiger partial charge in [0.2, 0.25) is 0 Å². The molecule has 2 heterocycles. The first-order valence-electron chi connectivity index (χ1n) is 22.0. The van der Waals surface area contributed by atoms with Crippen molar-refractivity contribution in [3.63, 3.8) is 0 Å². The number of hydrogen-bond acceptors (Lipinski definition) is 3. The van der Waals surface area contributed by atoms with Crippen LogP contribution in [0, 0.1) is 0 Å². The summed E-state index contributed by atoms with van der Waals surface area (Å²) in [5.41, 5.74) is 6.29. The fraction of sp³-hybridized carbons (Fsp3) is 0.0526. The van der Waals surface area contributed by atoms with Crippen LogP contribution in [0.1, 0.15) is 16.0 Å². The van der Waals surface area contributed by atoms with Crippen LogP contribution in [-0.4, -0.2) is 23.3 Å². The fourth-order valence-electron chi connectivity index (χ4n) is 9.87. The average molecular weight is 839 g/mol. The molecule has 2 aliphatic heterocycles. The third kappa shape index (κ3) is 6.76. The molecule has 9 aromatic carbocycles. The Morgan fingerprint density at radius 1 is 0.403 bits per heavy atom. The molecule has 5 heteroatoms. The van der Waals surface area contributed by atoms with Crippen LogP contribution >= 0.6 is 0 Å². The van der Waals surface area contributed by atoms with Gasteiger partial charge in [0, 0.05) is 32.3 Å². The minimum absolute atomic E-state index is 0. The summed E-state index contributed by atoms with van der Waals surface area (Å²) < 4.78 is 15.4. The van der Waals surface area contributed by atoms with E-state index in [9.17, 15) is 0 Å². The number of nitrogens with one attached hydrogen (secondary N) is 1. The average Bonchev–Trinajstić information content (AvgIpc) is 3.38. The topological polar surface area (TPSA) is 24.5 Å². The molecule has 0 unspecified atom stereocenters. The lowest BCUT2D eigenvalue weighted by molar-refractivity contribution is 0.414. The Bertz CT molecular complexity index is 2740. The van der Waals surface area contributed by atoms with E-state index in [-0.39, 0.29) is 7.43 Å². The second kappa shape index (κ2) is 17.4. The Morgan fingerprint density at radius 2 is 0.726 bits per heavy atom. The van der Waals surface area contributed by atoms with Crippen molar-refractivity contribution < 1.29 is 7.71 Å². The van der Waals surface area contributed by atoms with E-state index in [4.69, 9.17) is 7.71 Å². The van der Waals surface area contributed by atoms with Gasteiger partial charge < -0.3 is 15.0 Å². The Hall–Kier alpha value is -7.19. The predicted octanol–water partition coefficient (Wildman–Crippen LogP) is 8.73. The number of methoxy groups -OCH3 is 1. The maximum absolute atomic E-state index is 5.39. The third-order valence-corrected chi connectivity index (χ3v) is 22.2. The first-order chi connectivity index (χ1) is 31.2. The number of hydrogen-bond donors (Lipinski definition) is 1. The maximum Gasteiger partial charge on any atom is 0.183 e. The maximum atomic E-state index is 5.39. The smallest absolute Gasteiger partial charge is 0.183 e. The van der Waals surface area contributed by atoms with E-state index in [1.807, 2.05) is 12.1 Å². The molecule has 0 aromatic heterocycles. The second-order valence-electron chi connectivity index (χ2n) is 15.6. The lowest BCUT2D eigenvalue weighted by Gasteiger charge is -2.45. The van der Waals surface area contributed by atoms with Gasteiger partial charge >= 0.3 is 0 Å². The highest BCUT2D eigenvalue weighted by atomic mass is 28.3. The summed E-state index contributed by atoms with van der Waals surface area (Å²) in [6.45, 7) is 0.798. The van der Waals surface area contributed by atoms with E-state index >= 15 is 0 Å². The van der Waals surface area contributed by atoms with Crippen LogP contribution in [0.25, 0.3) is 0 Å². The summed E-state index contributed by atoms with van der Waals surface area (Å²) in [7, 11) is -3.14. The lowest BCUT2D eigenvalue weighted by atomic mass is 10.1. The number of anilines is 4. The molecule has 1 N–H and O–H groups in total. The minimum atomic E-state index is -2.51. The van der Waals surface area contributed by atoms with Crippen LogP contribution in [0.4, 0.5) is 22.7 Å². The number of fused-ring (bicyclic) bond motifs is 4. The summed E-state index contributed by atoms with van der Waals surface area (Å²) in [5.74, 6) is 0.882. The Labute approximate surface area is 371 Å². The number of para-hydroxylation sites is 4. The number of rotatable bonds is 7. The summed E-state index contributed by atoms with van der Waals surface area (Å²) >= 11 is 0. The molecule has 9 aromatic rings. The molecule has 0 fully saturated rings. The van der Waals surface area contributed by atoms with Crippen molar-refractivity contribution in [1.29, 1.82) is 0 Å². The number of benzene rings is 9. The molecule has 62 heavy (non-hydrogen) atoms. The molecule has 11 rings (SSSR count). The summed E-state index contributed by atoms with van der Waals surface area (Å²) in [6.07, 6.45) is 0. The molecule has 0 spiro atoms. The van der Waals surface area contributed by atoms with Crippen molar-refractivity contribution in [3.8, 4) is 5.75 Å². The molecule has 304 valence electrons. The van der Waals surface area contributed by atoms with Crippen LogP contribution in [0.15, 0.2) is 243 Å². The van der Waals surface area contributed by atoms with Crippen molar-refractivity contribution in [2.75, 3.05) is 17.3 Å². The van der Waals surface area contributed by atoms with Gasteiger partial charge in [0.25, 0.3) is 0 Å². The van der Waals surface area contributed by atoms with Crippen LogP contribution in [0.5, 0.6) is 5.75 Å². The summed E-state index contributed by atoms with van der Waals surface area (Å²) in [5, 5.41) is 15.1. The molecule has 2 aliphatic rings. The van der Waals surface area contributed by atoms with Crippen LogP contribution < -0.4 is 56.4 Å². The number of nitrogens with zero attached hydrogens (tertiary/aromatic N) is 1. The van der Waals surface area contributed by atoms with Crippen LogP contribution in [0.3, 0.4) is 0 Å². The van der Waals surface area contributed by atoms with Gasteiger partial charge in [0.1, 0.15) is 5.75 Å². The second-order valence-corrected chi connectivity index (χ2v) is 23.1. The van der Waals surface area contributed by atoms with E-state index in [1.165, 1.54) is 69.8 Å². The van der Waals surface area contributed by atoms with Gasteiger partial charge in [-0.1, -0.05) is 214 Å². The zero-order valence-corrected chi connectivity index (χ0v) is 36.2. The standard InChI is InChI=1S/C32H27NOSi.C24H19NSi.CH4.H2/c1-34-26-22-20-25(21-23-26)24-33-29-16-8-10-18-31(29)35(27-12-4-2-5-13-27,28-14-6-3-7-15-28)32-19-11-9-17-30(32)33;1-3-11-19(12-4-1)26(20-13-5-2-6-14-20)23-17-9-7-15-21(23)25-22-16-8-10-18-24(22)26;;/h2-23H,24H2,1H3;1-18,25H;1H4;1H/i;;;1+1D. The largest absolute Gasteiger partial charge is 0.497 e. The lowest BCUT2D eigenvalue weighted by Crippen LogP contribution is -2.77. The highest BCUT2D eigenvalue weighted by Crippen LogP contribution is 2.33. The van der Waals surface area contributed by atoms with Crippen molar-refractivity contribution in [2.24, 2.45) is 0 Å². The highest BCUT2D eigenvalue weighted by Gasteiger charge is 2.49. The zero-order chi connectivity index (χ0) is 43.1. The monoisotopic (exact) mass is 838 g/mol. The van der Waals surface area contributed by atoms with Gasteiger partial charge in [0.05, 0.1) is 7.11 Å². The van der Waals surface area contributed by atoms with Crippen LogP contribution in [0.2, 0.25) is 0 Å². The van der Waals surface area contributed by atoms with Gasteiger partial charge in [-0.2, -0.15) is 0 Å². The third-order valence-electron chi connectivity index (χ3n) is 12.5. The summed E-state index contributed by atoms with van der Waals surface area (Å²) in [6, 6.07) is 88.4. The molecule has 0 radical (unpaired) electrons. The SMILES string of the molecule is C.COc1ccc(CN2c3ccccc3[Si](c3ccccc3)(c3ccccc3)c3ccccc32)cc1.[2H][2H].c1ccc([Si]2(c3ccccc3)c3ccccc3Nc3ccccc32)cc1. The van der Waals surface area contributed by atoms with Crippen molar-refractivity contribution in [2.45, 2.75) is 14.0 Å². The Balaban J connectivity index is 0.000000172. The Kier molecular flexibility index (Phi) is 11.0. The van der Waals surface area contributed by atoms with E-state index in [0.29, 0.717) is 0 Å². The molecule has 0 saturated carbocycles. The molecule has 0 atom stereocenters. The normalized spacial score (nSPS) is 13.7. The minimum Gasteiger partial charge on any atom is -0.497 e. The van der Waals surface area contributed by atoms with Crippen molar-refractivity contribution >= 4 is 80.4 Å². The quantitative estimate of drug-likeness (QED) is 0.163. The molecular weight excluding hydrogens is 785 g/mol. The predicted molar refractivity (Wildman–Crippen MR) is 271 cm³/mol. The zero-order valence-electron chi connectivity index (χ0n) is 36.2. The van der Waals surface area contributed by atoms with E-state index < -0.39 is 16.1 Å². The first-order valence-corrected chi connectivity index (χ1v) is 25.0. The van der Waals surface area contributed by atoms with E-state index in [1.54, 1.807) is 7.11 Å². The van der Waals surface area contributed by atoms with Crippen molar-refractivity contribution in [3.05, 3.63) is 248 Å². The fourth-order valence-corrected chi connectivity index (χ4v) is 20.1. The van der Waals surface area contributed by atoms with Gasteiger partial charge in [-0.15, -0.1) is 0 Å². The molecule has 0 amide bonds. The van der Waals surface area contributed by atoms with Crippen molar-refractivity contribution in [1.82, 2.24) is 0 Å². The van der Waals surface area contributed by atoms with Gasteiger partial charge in [-0.05, 0) is 83.5 Å². The van der Waals surface area contributed by atoms with Crippen LogP contribution in [-0.2, 0) is 6.54 Å². The molecule has 0 saturated heterocycles. The molecule has 0 aliphatic carbocycles. The molecule has 0 bridgehead atoms. The Morgan fingerprint density at radius 3 is 1.11 bits per heavy atom. The molecule has 3 nitrogen and oxygen atoms in total. The van der Waals surface area contributed by atoms with Gasteiger partial charge in [0.15, 0.2) is 16.1 Å². The first kappa shape index (κ1) is 39.0. The molecular formula is C57H52N2OSi2. The number of ether oxygens (including phenoxy) is 1. The van der Waals surface area contributed by atoms with Gasteiger partial charge in [-0.25, -0.2) is 0 Å². The van der Waals surface area contributed by atoms with E-state index in [2.05, 4.69) is 241 Å². The van der Waals surface area contributed by atoms with E-state index in [0.717, 1.165) is 12.3 Å².